The molecule has 27 heavy (non-hydrogen) atoms. The number of anilines is 3. The summed E-state index contributed by atoms with van der Waals surface area (Å²) in [7, 11) is 1.86. The van der Waals surface area contributed by atoms with Crippen molar-refractivity contribution in [1.82, 2.24) is 10.3 Å². The Hall–Kier alpha value is -3.09. The van der Waals surface area contributed by atoms with Gasteiger partial charge in [0, 0.05) is 38.4 Å². The molecule has 2 aliphatic rings. The van der Waals surface area contributed by atoms with Crippen molar-refractivity contribution >= 4 is 29.0 Å². The summed E-state index contributed by atoms with van der Waals surface area (Å²) in [5.41, 5.74) is 3.05. The van der Waals surface area contributed by atoms with E-state index in [0.29, 0.717) is 24.3 Å². The second kappa shape index (κ2) is 7.26. The zero-order valence-corrected chi connectivity index (χ0v) is 15.4. The van der Waals surface area contributed by atoms with E-state index < -0.39 is 0 Å². The number of hydrogen-bond donors (Lipinski definition) is 2. The van der Waals surface area contributed by atoms with E-state index in [-0.39, 0.29) is 11.8 Å². The summed E-state index contributed by atoms with van der Waals surface area (Å²) in [6.45, 7) is 2.86. The molecule has 2 aliphatic heterocycles. The van der Waals surface area contributed by atoms with Crippen LogP contribution in [0.5, 0.6) is 0 Å². The Bertz CT molecular complexity index is 859. The van der Waals surface area contributed by atoms with Crippen LogP contribution in [0.3, 0.4) is 0 Å². The maximum absolute atomic E-state index is 12.5. The molecule has 4 rings (SSSR count). The molecular weight excluding hydrogens is 342 g/mol. The fourth-order valence-corrected chi connectivity index (χ4v) is 3.54. The molecule has 1 aromatic heterocycles. The Morgan fingerprint density at radius 3 is 2.78 bits per heavy atom. The Labute approximate surface area is 158 Å². The largest absolute Gasteiger partial charge is 0.364 e. The molecule has 0 radical (unpaired) electrons. The molecule has 140 valence electrons. The number of benzene rings is 1. The van der Waals surface area contributed by atoms with Crippen molar-refractivity contribution in [3.63, 3.8) is 0 Å². The Morgan fingerprint density at radius 1 is 1.22 bits per heavy atom. The summed E-state index contributed by atoms with van der Waals surface area (Å²) < 4.78 is 0. The number of likely N-dealkylation sites (N-methyl/N-ethyl adjacent to an activating group) is 1. The Morgan fingerprint density at radius 2 is 2.04 bits per heavy atom. The zero-order chi connectivity index (χ0) is 18.8. The standard InChI is InChI=1S/C20H23N5O2/c1-24-13-19(26)23-16-10-15(5-6-17(16)24)20(27)22-12-14-4-7-18(21-11-14)25-8-2-3-9-25/h4-7,10-11H,2-3,8-9,12-13H2,1H3,(H,22,27)(H,23,26). The van der Waals surface area contributed by atoms with E-state index in [1.54, 1.807) is 12.1 Å². The lowest BCUT2D eigenvalue weighted by atomic mass is 10.1. The molecular formula is C20H23N5O2. The van der Waals surface area contributed by atoms with Gasteiger partial charge in [0.1, 0.15) is 5.82 Å². The predicted octanol–water partition coefficient (Wildman–Crippen LogP) is 2.00. The summed E-state index contributed by atoms with van der Waals surface area (Å²) >= 11 is 0. The maximum Gasteiger partial charge on any atom is 0.251 e. The fraction of sp³-hybridized carbons (Fsp3) is 0.350. The van der Waals surface area contributed by atoms with Crippen LogP contribution in [0.25, 0.3) is 0 Å². The van der Waals surface area contributed by atoms with Crippen molar-refractivity contribution in [2.45, 2.75) is 19.4 Å². The van der Waals surface area contributed by atoms with Gasteiger partial charge >= 0.3 is 0 Å². The summed E-state index contributed by atoms with van der Waals surface area (Å²) in [6.07, 6.45) is 4.25. The number of nitrogens with one attached hydrogen (secondary N) is 2. The van der Waals surface area contributed by atoms with Gasteiger partial charge in [0.25, 0.3) is 5.91 Å². The van der Waals surface area contributed by atoms with Gasteiger partial charge in [-0.05, 0) is 42.7 Å². The molecule has 1 fully saturated rings. The number of aromatic nitrogens is 1. The lowest BCUT2D eigenvalue weighted by Crippen LogP contribution is -2.35. The highest BCUT2D eigenvalue weighted by molar-refractivity contribution is 6.03. The number of carbonyl (C=O) groups is 2. The van der Waals surface area contributed by atoms with Crippen molar-refractivity contribution < 1.29 is 9.59 Å². The van der Waals surface area contributed by atoms with E-state index in [9.17, 15) is 9.59 Å². The summed E-state index contributed by atoms with van der Waals surface area (Å²) in [5.74, 6) is 0.743. The van der Waals surface area contributed by atoms with E-state index in [2.05, 4.69) is 20.5 Å². The Kier molecular flexibility index (Phi) is 4.66. The van der Waals surface area contributed by atoms with E-state index in [1.807, 2.05) is 36.3 Å². The summed E-state index contributed by atoms with van der Waals surface area (Å²) in [4.78, 5) is 32.8. The number of pyridine rings is 1. The van der Waals surface area contributed by atoms with Gasteiger partial charge in [-0.2, -0.15) is 0 Å². The number of amides is 2. The topological polar surface area (TPSA) is 77.6 Å². The zero-order valence-electron chi connectivity index (χ0n) is 15.4. The molecule has 3 heterocycles. The molecule has 0 saturated carbocycles. The van der Waals surface area contributed by atoms with Crippen molar-refractivity contribution in [3.05, 3.63) is 47.7 Å². The Balaban J connectivity index is 1.39. The third-order valence-corrected chi connectivity index (χ3v) is 5.02. The minimum atomic E-state index is -0.177. The molecule has 0 spiro atoms. The average Bonchev–Trinajstić information content (AvgIpc) is 3.20. The van der Waals surface area contributed by atoms with Gasteiger partial charge in [-0.1, -0.05) is 6.07 Å². The third-order valence-electron chi connectivity index (χ3n) is 5.02. The molecule has 7 nitrogen and oxygen atoms in total. The molecule has 0 atom stereocenters. The van der Waals surface area contributed by atoms with Crippen LogP contribution in [0, 0.1) is 0 Å². The second-order valence-corrected chi connectivity index (χ2v) is 7.04. The normalized spacial score (nSPS) is 16.1. The second-order valence-electron chi connectivity index (χ2n) is 7.04. The minimum Gasteiger partial charge on any atom is -0.364 e. The molecule has 1 saturated heterocycles. The number of rotatable bonds is 4. The van der Waals surface area contributed by atoms with Crippen LogP contribution in [0.4, 0.5) is 17.2 Å². The molecule has 2 N–H and O–H groups in total. The molecule has 7 heteroatoms. The fourth-order valence-electron chi connectivity index (χ4n) is 3.54. The van der Waals surface area contributed by atoms with Crippen molar-refractivity contribution in [3.8, 4) is 0 Å². The first-order valence-electron chi connectivity index (χ1n) is 9.23. The van der Waals surface area contributed by atoms with Gasteiger partial charge in [-0.15, -0.1) is 0 Å². The molecule has 0 bridgehead atoms. The monoisotopic (exact) mass is 365 g/mol. The first kappa shape index (κ1) is 17.3. The van der Waals surface area contributed by atoms with Gasteiger partial charge in [0.15, 0.2) is 0 Å². The molecule has 0 unspecified atom stereocenters. The van der Waals surface area contributed by atoms with Gasteiger partial charge < -0.3 is 20.4 Å². The lowest BCUT2D eigenvalue weighted by molar-refractivity contribution is -0.115. The van der Waals surface area contributed by atoms with Crippen molar-refractivity contribution in [1.29, 1.82) is 0 Å². The number of carbonyl (C=O) groups excluding carboxylic acids is 2. The number of nitrogens with zero attached hydrogens (tertiary/aromatic N) is 3. The van der Waals surface area contributed by atoms with Crippen LogP contribution >= 0.6 is 0 Å². The van der Waals surface area contributed by atoms with Gasteiger partial charge in [0.2, 0.25) is 5.91 Å². The smallest absolute Gasteiger partial charge is 0.251 e. The summed E-state index contributed by atoms with van der Waals surface area (Å²) in [6, 6.07) is 9.36. The first-order chi connectivity index (χ1) is 13.1. The van der Waals surface area contributed by atoms with E-state index in [4.69, 9.17) is 0 Å². The predicted molar refractivity (Wildman–Crippen MR) is 105 cm³/mol. The SMILES string of the molecule is CN1CC(=O)Nc2cc(C(=O)NCc3ccc(N4CCCC4)nc3)ccc21. The minimum absolute atomic E-state index is 0.0771. The third kappa shape index (κ3) is 3.72. The van der Waals surface area contributed by atoms with Crippen LogP contribution in [0.1, 0.15) is 28.8 Å². The van der Waals surface area contributed by atoms with Crippen LogP contribution in [-0.2, 0) is 11.3 Å². The lowest BCUT2D eigenvalue weighted by Gasteiger charge is -2.27. The van der Waals surface area contributed by atoms with Crippen molar-refractivity contribution in [2.24, 2.45) is 0 Å². The highest BCUT2D eigenvalue weighted by atomic mass is 16.2. The molecule has 0 aliphatic carbocycles. The van der Waals surface area contributed by atoms with Crippen LogP contribution in [0.2, 0.25) is 0 Å². The van der Waals surface area contributed by atoms with E-state index in [0.717, 1.165) is 30.2 Å². The van der Waals surface area contributed by atoms with Crippen LogP contribution in [-0.4, -0.2) is 43.5 Å². The van der Waals surface area contributed by atoms with Gasteiger partial charge in [0.05, 0.1) is 17.9 Å². The van der Waals surface area contributed by atoms with E-state index >= 15 is 0 Å². The van der Waals surface area contributed by atoms with Gasteiger partial charge in [-0.3, -0.25) is 9.59 Å². The average molecular weight is 365 g/mol. The van der Waals surface area contributed by atoms with E-state index in [1.165, 1.54) is 12.8 Å². The quantitative estimate of drug-likeness (QED) is 0.867. The molecule has 1 aromatic carbocycles. The van der Waals surface area contributed by atoms with Crippen LogP contribution < -0.4 is 20.4 Å². The first-order valence-corrected chi connectivity index (χ1v) is 9.23. The summed E-state index contributed by atoms with van der Waals surface area (Å²) in [5, 5.41) is 5.73. The highest BCUT2D eigenvalue weighted by Gasteiger charge is 2.20. The molecule has 2 aromatic rings. The maximum atomic E-state index is 12.5. The number of fused-ring (bicyclic) bond motifs is 1. The highest BCUT2D eigenvalue weighted by Crippen LogP contribution is 2.29. The van der Waals surface area contributed by atoms with Crippen LogP contribution in [0.15, 0.2) is 36.5 Å². The molecule has 2 amide bonds. The van der Waals surface area contributed by atoms with Gasteiger partial charge in [-0.25, -0.2) is 4.98 Å². The van der Waals surface area contributed by atoms with Crippen molar-refractivity contribution in [2.75, 3.05) is 41.8 Å². The number of hydrogen-bond acceptors (Lipinski definition) is 5.